The summed E-state index contributed by atoms with van der Waals surface area (Å²) in [6, 6.07) is 12.1. The van der Waals surface area contributed by atoms with Gasteiger partial charge < -0.3 is 15.4 Å². The van der Waals surface area contributed by atoms with Gasteiger partial charge in [0.15, 0.2) is 6.10 Å². The van der Waals surface area contributed by atoms with E-state index in [1.54, 1.807) is 24.5 Å². The zero-order chi connectivity index (χ0) is 24.4. The van der Waals surface area contributed by atoms with Crippen LogP contribution in [0.3, 0.4) is 0 Å². The first-order valence-corrected chi connectivity index (χ1v) is 11.3. The second-order valence-corrected chi connectivity index (χ2v) is 8.67. The number of hydrogen-bond donors (Lipinski definition) is 2. The number of carbonyl (C=O) groups is 1. The first-order valence-electron chi connectivity index (χ1n) is 11.3. The van der Waals surface area contributed by atoms with Gasteiger partial charge in [-0.3, -0.25) is 9.78 Å². The van der Waals surface area contributed by atoms with Gasteiger partial charge in [0.05, 0.1) is 17.8 Å². The summed E-state index contributed by atoms with van der Waals surface area (Å²) in [4.78, 5) is 25.1. The summed E-state index contributed by atoms with van der Waals surface area (Å²) < 4.78 is 33.8. The molecule has 2 aliphatic rings. The number of amides is 1. The van der Waals surface area contributed by atoms with E-state index in [1.165, 1.54) is 18.5 Å². The molecule has 1 amide bonds. The van der Waals surface area contributed by atoms with E-state index in [0.717, 1.165) is 12.0 Å². The fourth-order valence-electron chi connectivity index (χ4n) is 4.24. The molecule has 5 rings (SSSR count). The highest BCUT2D eigenvalue weighted by Crippen LogP contribution is 2.47. The highest BCUT2D eigenvalue weighted by atomic mass is 19.3. The van der Waals surface area contributed by atoms with Crippen molar-refractivity contribution in [3.05, 3.63) is 66.2 Å². The number of piperidine rings is 1. The Morgan fingerprint density at radius 1 is 1.26 bits per heavy atom. The number of nitrogens with zero attached hydrogens (tertiary/aromatic N) is 4. The maximum absolute atomic E-state index is 14.1. The molecule has 178 valence electrons. The number of hydrogen-bond acceptors (Lipinski definition) is 7. The zero-order valence-corrected chi connectivity index (χ0v) is 18.6. The minimum absolute atomic E-state index is 0.0978. The van der Waals surface area contributed by atoms with Gasteiger partial charge in [0.25, 0.3) is 5.92 Å². The Labute approximate surface area is 200 Å². The van der Waals surface area contributed by atoms with E-state index in [0.29, 0.717) is 23.6 Å². The van der Waals surface area contributed by atoms with E-state index in [4.69, 9.17) is 4.74 Å². The molecule has 3 atom stereocenters. The van der Waals surface area contributed by atoms with E-state index in [2.05, 4.69) is 25.6 Å². The van der Waals surface area contributed by atoms with Crippen molar-refractivity contribution >= 4 is 11.7 Å². The molecule has 2 fully saturated rings. The molecule has 1 aromatic carbocycles. The summed E-state index contributed by atoms with van der Waals surface area (Å²) in [5.74, 6) is -2.73. The maximum Gasteiger partial charge on any atom is 0.296 e. The standard InChI is InChI=1S/C25H22F2N6O2/c26-25(27)13-30-7-5-22(25)35-21-4-3-15(8-17(21)11-28)20-10-23(32-14-31-20)33-24(34)19-9-18(19)16-2-1-6-29-12-16/h1-4,6,8,10,12,14,18-19,22,30H,5,7,9,13H2,(H,31,32,33,34)/t18-,19+,22-/m0/s1. The van der Waals surface area contributed by atoms with E-state index in [-0.39, 0.29) is 35.5 Å². The molecule has 0 radical (unpaired) electrons. The highest BCUT2D eigenvalue weighted by molar-refractivity contribution is 5.94. The van der Waals surface area contributed by atoms with Crippen molar-refractivity contribution in [2.45, 2.75) is 30.8 Å². The number of alkyl halides is 2. The van der Waals surface area contributed by atoms with Crippen molar-refractivity contribution in [2.24, 2.45) is 5.92 Å². The summed E-state index contributed by atoms with van der Waals surface area (Å²) in [7, 11) is 0. The molecule has 1 saturated carbocycles. The van der Waals surface area contributed by atoms with E-state index in [9.17, 15) is 18.8 Å². The first kappa shape index (κ1) is 22.8. The van der Waals surface area contributed by atoms with E-state index in [1.807, 2.05) is 18.2 Å². The number of nitriles is 1. The molecule has 0 spiro atoms. The van der Waals surface area contributed by atoms with Crippen molar-refractivity contribution < 1.29 is 18.3 Å². The fraction of sp³-hybridized carbons (Fsp3) is 0.320. The van der Waals surface area contributed by atoms with Crippen molar-refractivity contribution in [1.29, 1.82) is 5.26 Å². The minimum Gasteiger partial charge on any atom is -0.483 e. The van der Waals surface area contributed by atoms with Gasteiger partial charge in [0, 0.05) is 36.4 Å². The van der Waals surface area contributed by atoms with Crippen LogP contribution in [-0.4, -0.2) is 46.0 Å². The van der Waals surface area contributed by atoms with Gasteiger partial charge in [-0.05, 0) is 48.7 Å². The van der Waals surface area contributed by atoms with Crippen molar-refractivity contribution in [2.75, 3.05) is 18.4 Å². The number of ether oxygens (including phenoxy) is 1. The van der Waals surface area contributed by atoms with Gasteiger partial charge in [-0.25, -0.2) is 18.7 Å². The number of carbonyl (C=O) groups excluding carboxylic acids is 1. The molecule has 2 N–H and O–H groups in total. The third kappa shape index (κ3) is 4.95. The molecular formula is C25H22F2N6O2. The molecule has 10 heteroatoms. The first-order chi connectivity index (χ1) is 16.9. The van der Waals surface area contributed by atoms with Gasteiger partial charge in [-0.15, -0.1) is 0 Å². The van der Waals surface area contributed by atoms with Crippen LogP contribution in [0, 0.1) is 17.2 Å². The summed E-state index contributed by atoms with van der Waals surface area (Å²) in [5.41, 5.74) is 2.21. The smallest absolute Gasteiger partial charge is 0.296 e. The van der Waals surface area contributed by atoms with E-state index < -0.39 is 18.6 Å². The van der Waals surface area contributed by atoms with Crippen LogP contribution in [0.5, 0.6) is 5.75 Å². The third-order valence-corrected chi connectivity index (χ3v) is 6.24. The lowest BCUT2D eigenvalue weighted by Crippen LogP contribution is -2.52. The number of anilines is 1. The Bertz CT molecular complexity index is 1280. The monoisotopic (exact) mass is 476 g/mol. The number of pyridine rings is 1. The molecular weight excluding hydrogens is 454 g/mol. The van der Waals surface area contributed by atoms with Crippen LogP contribution >= 0.6 is 0 Å². The Kier molecular flexibility index (Phi) is 6.09. The van der Waals surface area contributed by atoms with Crippen LogP contribution in [0.25, 0.3) is 11.3 Å². The van der Waals surface area contributed by atoms with Gasteiger partial charge in [0.1, 0.15) is 24.0 Å². The van der Waals surface area contributed by atoms with Crippen LogP contribution < -0.4 is 15.4 Å². The maximum atomic E-state index is 14.1. The predicted molar refractivity (Wildman–Crippen MR) is 123 cm³/mol. The van der Waals surface area contributed by atoms with Gasteiger partial charge in [0.2, 0.25) is 5.91 Å². The summed E-state index contributed by atoms with van der Waals surface area (Å²) in [5, 5.41) is 15.1. The van der Waals surface area contributed by atoms with Crippen molar-refractivity contribution in [3.63, 3.8) is 0 Å². The largest absolute Gasteiger partial charge is 0.483 e. The molecule has 1 saturated heterocycles. The number of nitrogens with one attached hydrogen (secondary N) is 2. The van der Waals surface area contributed by atoms with Gasteiger partial charge in [-0.2, -0.15) is 5.26 Å². The van der Waals surface area contributed by atoms with Crippen LogP contribution in [0.2, 0.25) is 0 Å². The Hall–Kier alpha value is -3.97. The molecule has 0 unspecified atom stereocenters. The van der Waals surface area contributed by atoms with Crippen LogP contribution in [0.15, 0.2) is 55.1 Å². The fourth-order valence-corrected chi connectivity index (χ4v) is 4.24. The van der Waals surface area contributed by atoms with Gasteiger partial charge >= 0.3 is 0 Å². The number of rotatable bonds is 6. The second kappa shape index (κ2) is 9.35. The molecule has 3 aromatic rings. The average Bonchev–Trinajstić information content (AvgIpc) is 3.67. The number of aromatic nitrogens is 3. The topological polar surface area (TPSA) is 113 Å². The lowest BCUT2D eigenvalue weighted by atomic mass is 10.0. The molecule has 8 nitrogen and oxygen atoms in total. The van der Waals surface area contributed by atoms with Crippen molar-refractivity contribution in [1.82, 2.24) is 20.3 Å². The normalized spacial score (nSPS) is 22.6. The average molecular weight is 476 g/mol. The molecule has 35 heavy (non-hydrogen) atoms. The zero-order valence-electron chi connectivity index (χ0n) is 18.6. The second-order valence-electron chi connectivity index (χ2n) is 8.67. The Morgan fingerprint density at radius 2 is 2.14 bits per heavy atom. The molecule has 1 aliphatic carbocycles. The number of halogens is 2. The lowest BCUT2D eigenvalue weighted by Gasteiger charge is -2.32. The Morgan fingerprint density at radius 3 is 2.91 bits per heavy atom. The summed E-state index contributed by atoms with van der Waals surface area (Å²) in [6.45, 7) is -0.0452. The third-order valence-electron chi connectivity index (χ3n) is 6.24. The SMILES string of the molecule is N#Cc1cc(-c2cc(NC(=O)[C@@H]3C[C@H]3c3cccnc3)ncn2)ccc1O[C@H]1CCNCC1(F)F. The molecule has 1 aliphatic heterocycles. The molecule has 0 bridgehead atoms. The van der Waals surface area contributed by atoms with Crippen LogP contribution in [0.1, 0.15) is 29.9 Å². The van der Waals surface area contributed by atoms with Crippen molar-refractivity contribution in [3.8, 4) is 23.1 Å². The highest BCUT2D eigenvalue weighted by Gasteiger charge is 2.44. The van der Waals surface area contributed by atoms with Crippen LogP contribution in [-0.2, 0) is 4.79 Å². The summed E-state index contributed by atoms with van der Waals surface area (Å²) >= 11 is 0. The summed E-state index contributed by atoms with van der Waals surface area (Å²) in [6.07, 6.45) is 4.37. The van der Waals surface area contributed by atoms with Gasteiger partial charge in [-0.1, -0.05) is 6.07 Å². The van der Waals surface area contributed by atoms with Crippen LogP contribution in [0.4, 0.5) is 14.6 Å². The van der Waals surface area contributed by atoms with E-state index >= 15 is 0 Å². The molecule has 3 heterocycles. The lowest BCUT2D eigenvalue weighted by molar-refractivity contribution is -0.117. The predicted octanol–water partition coefficient (Wildman–Crippen LogP) is 3.53. The number of benzene rings is 1. The Balaban J connectivity index is 1.29. The molecule has 2 aromatic heterocycles. The quantitative estimate of drug-likeness (QED) is 0.560. The minimum atomic E-state index is -3.03.